The first-order valence-electron chi connectivity index (χ1n) is 4.34. The third-order valence-electron chi connectivity index (χ3n) is 1.77. The summed E-state index contributed by atoms with van der Waals surface area (Å²) in [4.78, 5) is 0.144. The number of ether oxygens (including phenoxy) is 1. The van der Waals surface area contributed by atoms with Gasteiger partial charge in [0, 0.05) is 12.6 Å². The molecule has 0 saturated carbocycles. The lowest BCUT2D eigenvalue weighted by atomic mass is 10.3. The van der Waals surface area contributed by atoms with Crippen LogP contribution in [0.3, 0.4) is 0 Å². The summed E-state index contributed by atoms with van der Waals surface area (Å²) in [5.74, 6) is 0.343. The zero-order chi connectivity index (χ0) is 11.5. The molecule has 0 fully saturated rings. The average Bonchev–Trinajstić information content (AvgIpc) is 2.18. The van der Waals surface area contributed by atoms with Crippen LogP contribution in [0.2, 0.25) is 5.02 Å². The Morgan fingerprint density at radius 3 is 2.67 bits per heavy atom. The van der Waals surface area contributed by atoms with Gasteiger partial charge in [0.1, 0.15) is 5.75 Å². The van der Waals surface area contributed by atoms with Gasteiger partial charge in [0.15, 0.2) is 0 Å². The normalized spacial score (nSPS) is 11.4. The number of rotatable bonds is 4. The van der Waals surface area contributed by atoms with Gasteiger partial charge in [-0.2, -0.15) is 0 Å². The van der Waals surface area contributed by atoms with Crippen molar-refractivity contribution < 1.29 is 13.2 Å². The zero-order valence-electron chi connectivity index (χ0n) is 8.45. The molecule has 0 heterocycles. The van der Waals surface area contributed by atoms with Crippen molar-refractivity contribution in [2.45, 2.75) is 11.8 Å². The lowest BCUT2D eigenvalue weighted by molar-refractivity contribution is 0.413. The zero-order valence-corrected chi connectivity index (χ0v) is 10.0. The fourth-order valence-electron chi connectivity index (χ4n) is 1.08. The Bertz CT molecular complexity index is 445. The van der Waals surface area contributed by atoms with E-state index in [1.165, 1.54) is 25.3 Å². The highest BCUT2D eigenvalue weighted by Crippen LogP contribution is 2.26. The number of nitrogens with one attached hydrogen (secondary N) is 1. The topological polar surface area (TPSA) is 55.4 Å². The molecule has 0 amide bonds. The summed E-state index contributed by atoms with van der Waals surface area (Å²) in [7, 11) is -2.01. The van der Waals surface area contributed by atoms with Crippen molar-refractivity contribution in [3.05, 3.63) is 23.2 Å². The predicted molar refractivity (Wildman–Crippen MR) is 58.9 cm³/mol. The van der Waals surface area contributed by atoms with Gasteiger partial charge in [-0.1, -0.05) is 18.5 Å². The van der Waals surface area contributed by atoms with Gasteiger partial charge in [0.05, 0.1) is 17.0 Å². The summed E-state index contributed by atoms with van der Waals surface area (Å²) in [6.07, 6.45) is 0. The molecule has 1 N–H and O–H groups in total. The number of halogens is 1. The van der Waals surface area contributed by atoms with Crippen LogP contribution in [-0.4, -0.2) is 22.1 Å². The van der Waals surface area contributed by atoms with E-state index in [-0.39, 0.29) is 4.90 Å². The molecule has 84 valence electrons. The van der Waals surface area contributed by atoms with Crippen LogP contribution in [0.5, 0.6) is 5.75 Å². The molecule has 0 aliphatic rings. The van der Waals surface area contributed by atoms with Crippen LogP contribution in [0, 0.1) is 0 Å². The summed E-state index contributed by atoms with van der Waals surface area (Å²) < 4.78 is 30.5. The van der Waals surface area contributed by atoms with Gasteiger partial charge in [-0.25, -0.2) is 13.1 Å². The number of benzene rings is 1. The van der Waals surface area contributed by atoms with Crippen LogP contribution in [-0.2, 0) is 10.0 Å². The van der Waals surface area contributed by atoms with E-state index in [4.69, 9.17) is 16.3 Å². The smallest absolute Gasteiger partial charge is 0.240 e. The molecule has 0 spiro atoms. The minimum Gasteiger partial charge on any atom is -0.495 e. The van der Waals surface area contributed by atoms with Crippen molar-refractivity contribution in [1.82, 2.24) is 4.72 Å². The third-order valence-corrected chi connectivity index (χ3v) is 3.62. The quantitative estimate of drug-likeness (QED) is 0.883. The number of methoxy groups -OCH3 is 1. The van der Waals surface area contributed by atoms with Gasteiger partial charge in [0.25, 0.3) is 0 Å². The Hall–Kier alpha value is -0.780. The maximum Gasteiger partial charge on any atom is 0.240 e. The van der Waals surface area contributed by atoms with E-state index in [0.717, 1.165) is 0 Å². The molecule has 1 aromatic carbocycles. The number of hydrogen-bond donors (Lipinski definition) is 1. The average molecular weight is 250 g/mol. The van der Waals surface area contributed by atoms with Crippen LogP contribution in [0.1, 0.15) is 6.92 Å². The minimum absolute atomic E-state index is 0.144. The lowest BCUT2D eigenvalue weighted by Crippen LogP contribution is -2.23. The number of sulfonamides is 1. The molecule has 6 heteroatoms. The van der Waals surface area contributed by atoms with E-state index in [2.05, 4.69) is 4.72 Å². The van der Waals surface area contributed by atoms with Gasteiger partial charge >= 0.3 is 0 Å². The summed E-state index contributed by atoms with van der Waals surface area (Å²) in [5.41, 5.74) is 0. The Morgan fingerprint density at radius 2 is 2.13 bits per heavy atom. The molecule has 15 heavy (non-hydrogen) atoms. The first kappa shape index (κ1) is 12.3. The minimum atomic E-state index is -3.45. The molecule has 0 radical (unpaired) electrons. The summed E-state index contributed by atoms with van der Waals surface area (Å²) in [6.45, 7) is 2.05. The molecule has 1 aromatic rings. The maximum absolute atomic E-state index is 11.6. The van der Waals surface area contributed by atoms with Crippen LogP contribution in [0.25, 0.3) is 0 Å². The molecule has 4 nitrogen and oxygen atoms in total. The van der Waals surface area contributed by atoms with Crippen molar-refractivity contribution in [2.24, 2.45) is 0 Å². The fourth-order valence-corrected chi connectivity index (χ4v) is 2.33. The molecule has 0 aromatic heterocycles. The Balaban J connectivity index is 3.17. The maximum atomic E-state index is 11.6. The fraction of sp³-hybridized carbons (Fsp3) is 0.333. The molecule has 0 bridgehead atoms. The second kappa shape index (κ2) is 4.83. The largest absolute Gasteiger partial charge is 0.495 e. The van der Waals surface area contributed by atoms with E-state index < -0.39 is 10.0 Å². The van der Waals surface area contributed by atoms with Gasteiger partial charge in [-0.15, -0.1) is 0 Å². The molecular formula is C9H12ClNO3S. The van der Waals surface area contributed by atoms with E-state index in [9.17, 15) is 8.42 Å². The van der Waals surface area contributed by atoms with Crippen molar-refractivity contribution >= 4 is 21.6 Å². The van der Waals surface area contributed by atoms with Crippen molar-refractivity contribution in [2.75, 3.05) is 13.7 Å². The molecule has 1 rings (SSSR count). The molecule has 0 saturated heterocycles. The Kier molecular flexibility index (Phi) is 3.96. The van der Waals surface area contributed by atoms with Gasteiger partial charge < -0.3 is 4.74 Å². The monoisotopic (exact) mass is 249 g/mol. The molecule has 0 aliphatic heterocycles. The van der Waals surface area contributed by atoms with Crippen LogP contribution in [0.4, 0.5) is 0 Å². The number of hydrogen-bond acceptors (Lipinski definition) is 3. The first-order valence-corrected chi connectivity index (χ1v) is 6.20. The second-order valence-electron chi connectivity index (χ2n) is 2.80. The predicted octanol–water partition coefficient (Wildman–Crippen LogP) is 1.65. The summed E-state index contributed by atoms with van der Waals surface area (Å²) in [6, 6.07) is 4.31. The third kappa shape index (κ3) is 2.84. The van der Waals surface area contributed by atoms with Gasteiger partial charge in [-0.05, 0) is 12.1 Å². The van der Waals surface area contributed by atoms with E-state index >= 15 is 0 Å². The van der Waals surface area contributed by atoms with Gasteiger partial charge in [-0.3, -0.25) is 0 Å². The van der Waals surface area contributed by atoms with Crippen molar-refractivity contribution in [3.8, 4) is 5.75 Å². The molecule has 0 atom stereocenters. The lowest BCUT2D eigenvalue weighted by Gasteiger charge is -2.07. The Morgan fingerprint density at radius 1 is 1.47 bits per heavy atom. The highest BCUT2D eigenvalue weighted by Gasteiger charge is 2.14. The molecular weight excluding hydrogens is 238 g/mol. The molecule has 0 unspecified atom stereocenters. The Labute approximate surface area is 94.3 Å². The first-order chi connectivity index (χ1) is 7.01. The van der Waals surface area contributed by atoms with Crippen LogP contribution < -0.4 is 9.46 Å². The van der Waals surface area contributed by atoms with Crippen LogP contribution >= 0.6 is 11.6 Å². The van der Waals surface area contributed by atoms with E-state index in [1.54, 1.807) is 6.92 Å². The van der Waals surface area contributed by atoms with Crippen molar-refractivity contribution in [3.63, 3.8) is 0 Å². The summed E-state index contributed by atoms with van der Waals surface area (Å²) in [5, 5.41) is 0.382. The summed E-state index contributed by atoms with van der Waals surface area (Å²) >= 11 is 5.78. The van der Waals surface area contributed by atoms with E-state index in [1.807, 2.05) is 0 Å². The van der Waals surface area contributed by atoms with Crippen molar-refractivity contribution in [1.29, 1.82) is 0 Å². The van der Waals surface area contributed by atoms with Gasteiger partial charge in [0.2, 0.25) is 10.0 Å². The second-order valence-corrected chi connectivity index (χ2v) is 4.97. The SMILES string of the molecule is CCNS(=O)(=O)c1ccc(Cl)c(OC)c1. The highest BCUT2D eigenvalue weighted by molar-refractivity contribution is 7.89. The van der Waals surface area contributed by atoms with E-state index in [0.29, 0.717) is 17.3 Å². The highest BCUT2D eigenvalue weighted by atomic mass is 35.5. The standard InChI is InChI=1S/C9H12ClNO3S/c1-3-11-15(12,13)7-4-5-8(10)9(6-7)14-2/h4-6,11H,3H2,1-2H3. The molecule has 0 aliphatic carbocycles. The van der Waals surface area contributed by atoms with Crippen LogP contribution in [0.15, 0.2) is 23.1 Å².